The average Bonchev–Trinajstić information content (AvgIpc) is 3.32. The molecule has 0 aliphatic carbocycles. The second kappa shape index (κ2) is 13.3. The van der Waals surface area contributed by atoms with E-state index in [0.29, 0.717) is 40.8 Å². The van der Waals surface area contributed by atoms with E-state index in [-0.39, 0.29) is 29.3 Å². The number of rotatable bonds is 10. The number of thiazole rings is 1. The third-order valence-corrected chi connectivity index (χ3v) is 9.86. The number of fused-ring (bicyclic) bond motifs is 1. The summed E-state index contributed by atoms with van der Waals surface area (Å²) in [5, 5.41) is 0.568. The summed E-state index contributed by atoms with van der Waals surface area (Å²) in [6.45, 7) is 3.75. The number of carbonyl (C=O) groups excluding carboxylic acids is 1. The van der Waals surface area contributed by atoms with Crippen LogP contribution in [0.15, 0.2) is 41.3 Å². The van der Waals surface area contributed by atoms with E-state index in [9.17, 15) is 13.2 Å². The van der Waals surface area contributed by atoms with Gasteiger partial charge >= 0.3 is 0 Å². The highest BCUT2D eigenvalue weighted by Crippen LogP contribution is 2.37. The van der Waals surface area contributed by atoms with Gasteiger partial charge in [-0.1, -0.05) is 17.8 Å². The number of ether oxygens (including phenoxy) is 2. The van der Waals surface area contributed by atoms with Crippen molar-refractivity contribution in [2.45, 2.75) is 43.5 Å². The molecule has 0 N–H and O–H groups in total. The molecule has 1 atom stereocenters. The highest BCUT2D eigenvalue weighted by molar-refractivity contribution is 7.89. The van der Waals surface area contributed by atoms with Crippen molar-refractivity contribution in [2.24, 2.45) is 0 Å². The Balaban J connectivity index is 0.00000420. The van der Waals surface area contributed by atoms with Crippen molar-refractivity contribution in [3.8, 4) is 11.5 Å². The van der Waals surface area contributed by atoms with Gasteiger partial charge in [0.2, 0.25) is 10.0 Å². The van der Waals surface area contributed by atoms with Crippen LogP contribution in [0.2, 0.25) is 0 Å². The molecule has 0 spiro atoms. The van der Waals surface area contributed by atoms with Crippen LogP contribution >= 0.6 is 23.7 Å². The Morgan fingerprint density at radius 1 is 1.08 bits per heavy atom. The van der Waals surface area contributed by atoms with Gasteiger partial charge in [0.25, 0.3) is 5.91 Å². The van der Waals surface area contributed by atoms with Gasteiger partial charge in [0, 0.05) is 36.8 Å². The van der Waals surface area contributed by atoms with Crippen LogP contribution in [0.4, 0.5) is 5.13 Å². The number of aromatic nitrogens is 1. The molecule has 1 fully saturated rings. The summed E-state index contributed by atoms with van der Waals surface area (Å²) in [6.07, 6.45) is 3.51. The van der Waals surface area contributed by atoms with E-state index in [0.717, 1.165) is 36.9 Å². The van der Waals surface area contributed by atoms with E-state index >= 15 is 0 Å². The van der Waals surface area contributed by atoms with Gasteiger partial charge in [-0.3, -0.25) is 9.69 Å². The molecule has 12 heteroatoms. The fraction of sp³-hybridized carbons (Fsp3) is 0.481. The summed E-state index contributed by atoms with van der Waals surface area (Å²) in [5.41, 5.74) is 1.13. The number of amides is 1. The Hall–Kier alpha value is -2.44. The Labute approximate surface area is 241 Å². The molecule has 9 nitrogen and oxygen atoms in total. The molecule has 1 aliphatic heterocycles. The highest BCUT2D eigenvalue weighted by Gasteiger charge is 2.31. The molecule has 39 heavy (non-hydrogen) atoms. The molecule has 3 aromatic rings. The van der Waals surface area contributed by atoms with Crippen LogP contribution in [0, 0.1) is 0 Å². The SMILES string of the molecule is COc1cc2nc(N(CCCN(C)C)C(=O)c3ccc(S(=O)(=O)N4CCCCC4C)cc3)sc2cc1OC.Cl. The van der Waals surface area contributed by atoms with Gasteiger partial charge < -0.3 is 14.4 Å². The van der Waals surface area contributed by atoms with Crippen molar-refractivity contribution in [1.29, 1.82) is 0 Å². The van der Waals surface area contributed by atoms with Crippen molar-refractivity contribution in [3.05, 3.63) is 42.0 Å². The van der Waals surface area contributed by atoms with Crippen molar-refractivity contribution < 1.29 is 22.7 Å². The van der Waals surface area contributed by atoms with Crippen LogP contribution in [0.25, 0.3) is 10.2 Å². The summed E-state index contributed by atoms with van der Waals surface area (Å²) < 4.78 is 39.8. The maximum Gasteiger partial charge on any atom is 0.260 e. The minimum absolute atomic E-state index is 0. The lowest BCUT2D eigenvalue weighted by molar-refractivity contribution is 0.0986. The smallest absolute Gasteiger partial charge is 0.260 e. The van der Waals surface area contributed by atoms with E-state index in [1.807, 2.05) is 27.1 Å². The predicted octanol–water partition coefficient (Wildman–Crippen LogP) is 4.90. The molecule has 2 heterocycles. The van der Waals surface area contributed by atoms with Gasteiger partial charge in [-0.2, -0.15) is 4.31 Å². The first kappa shape index (κ1) is 31.1. The summed E-state index contributed by atoms with van der Waals surface area (Å²) >= 11 is 1.40. The molecule has 214 valence electrons. The number of carbonyl (C=O) groups is 1. The van der Waals surface area contributed by atoms with Gasteiger partial charge in [-0.05, 0) is 71.1 Å². The van der Waals surface area contributed by atoms with E-state index in [1.54, 1.807) is 41.6 Å². The molecule has 4 rings (SSSR count). The normalized spacial score (nSPS) is 16.2. The predicted molar refractivity (Wildman–Crippen MR) is 158 cm³/mol. The molecular weight excluding hydrogens is 560 g/mol. The summed E-state index contributed by atoms with van der Waals surface area (Å²) in [7, 11) is 3.53. The van der Waals surface area contributed by atoms with Crippen LogP contribution in [0.3, 0.4) is 0 Å². The Kier molecular flexibility index (Phi) is 10.6. The maximum atomic E-state index is 13.7. The van der Waals surface area contributed by atoms with E-state index in [1.165, 1.54) is 23.5 Å². The minimum Gasteiger partial charge on any atom is -0.493 e. The fourth-order valence-corrected chi connectivity index (χ4v) is 7.38. The molecule has 1 aromatic heterocycles. The molecule has 0 saturated carbocycles. The van der Waals surface area contributed by atoms with Crippen LogP contribution in [-0.4, -0.2) is 82.5 Å². The Morgan fingerprint density at radius 2 is 1.74 bits per heavy atom. The highest BCUT2D eigenvalue weighted by atomic mass is 35.5. The molecule has 1 saturated heterocycles. The quantitative estimate of drug-likeness (QED) is 0.329. The number of piperidine rings is 1. The second-order valence-electron chi connectivity index (χ2n) is 9.77. The first-order valence-electron chi connectivity index (χ1n) is 12.8. The van der Waals surface area contributed by atoms with E-state index in [4.69, 9.17) is 14.5 Å². The zero-order valence-electron chi connectivity index (χ0n) is 23.0. The van der Waals surface area contributed by atoms with Gasteiger partial charge in [-0.15, -0.1) is 12.4 Å². The lowest BCUT2D eigenvalue weighted by atomic mass is 10.1. The molecule has 1 aliphatic rings. The van der Waals surface area contributed by atoms with Gasteiger partial charge in [0.1, 0.15) is 0 Å². The maximum absolute atomic E-state index is 13.7. The summed E-state index contributed by atoms with van der Waals surface area (Å²) in [6, 6.07) is 9.91. The topological polar surface area (TPSA) is 92.3 Å². The molecule has 2 aromatic carbocycles. The lowest BCUT2D eigenvalue weighted by Crippen LogP contribution is -2.41. The van der Waals surface area contributed by atoms with Crippen LogP contribution in [0.1, 0.15) is 43.0 Å². The molecule has 0 bridgehead atoms. The standard InChI is InChI=1S/C27H36N4O5S2.ClH/c1-19-9-6-7-16-31(19)38(33,34)21-12-10-20(11-13-21)26(32)30(15-8-14-29(2)3)27-28-22-17-23(35-4)24(36-5)18-25(22)37-27;/h10-13,17-19H,6-9,14-16H2,1-5H3;1H. The van der Waals surface area contributed by atoms with Crippen molar-refractivity contribution in [3.63, 3.8) is 0 Å². The second-order valence-corrected chi connectivity index (χ2v) is 12.7. The van der Waals surface area contributed by atoms with Crippen molar-refractivity contribution >= 4 is 55.0 Å². The number of hydrogen-bond donors (Lipinski definition) is 0. The molecular formula is C27H37ClN4O5S2. The Bertz CT molecular complexity index is 1340. The fourth-order valence-electron chi connectivity index (χ4n) is 4.68. The minimum atomic E-state index is -3.61. The zero-order valence-corrected chi connectivity index (χ0v) is 25.5. The van der Waals surface area contributed by atoms with Crippen LogP contribution in [-0.2, 0) is 10.0 Å². The van der Waals surface area contributed by atoms with Gasteiger partial charge in [-0.25, -0.2) is 13.4 Å². The van der Waals surface area contributed by atoms with Crippen molar-refractivity contribution in [1.82, 2.24) is 14.2 Å². The van der Waals surface area contributed by atoms with Crippen LogP contribution < -0.4 is 14.4 Å². The Morgan fingerprint density at radius 3 is 2.36 bits per heavy atom. The van der Waals surface area contributed by atoms with E-state index < -0.39 is 10.0 Å². The third-order valence-electron chi connectivity index (χ3n) is 6.80. The number of hydrogen-bond acceptors (Lipinski definition) is 8. The number of anilines is 1. The molecule has 1 unspecified atom stereocenters. The third kappa shape index (κ3) is 6.83. The first-order chi connectivity index (χ1) is 18.1. The largest absolute Gasteiger partial charge is 0.493 e. The number of halogens is 1. The number of sulfonamides is 1. The van der Waals surface area contributed by atoms with Gasteiger partial charge in [0.15, 0.2) is 16.6 Å². The summed E-state index contributed by atoms with van der Waals surface area (Å²) in [4.78, 5) is 22.4. The zero-order chi connectivity index (χ0) is 27.4. The average molecular weight is 597 g/mol. The number of benzene rings is 2. The number of nitrogens with zero attached hydrogens (tertiary/aromatic N) is 4. The summed E-state index contributed by atoms with van der Waals surface area (Å²) in [5.74, 6) is 0.944. The number of methoxy groups -OCH3 is 2. The molecule has 0 radical (unpaired) electrons. The van der Waals surface area contributed by atoms with Crippen molar-refractivity contribution in [2.75, 3.05) is 52.8 Å². The lowest BCUT2D eigenvalue weighted by Gasteiger charge is -2.32. The molecule has 1 amide bonds. The van der Waals surface area contributed by atoms with E-state index in [2.05, 4.69) is 4.90 Å². The first-order valence-corrected chi connectivity index (χ1v) is 15.0. The van der Waals surface area contributed by atoms with Gasteiger partial charge in [0.05, 0.1) is 29.3 Å². The monoisotopic (exact) mass is 596 g/mol. The van der Waals surface area contributed by atoms with Crippen LogP contribution in [0.5, 0.6) is 11.5 Å².